The van der Waals surface area contributed by atoms with E-state index >= 15 is 0 Å². The van der Waals surface area contributed by atoms with Crippen molar-refractivity contribution >= 4 is 10.9 Å². The van der Waals surface area contributed by atoms with Crippen LogP contribution in [0.2, 0.25) is 0 Å². The molecule has 2 heteroatoms. The number of rotatable bonds is 4. The third kappa shape index (κ3) is 2.54. The van der Waals surface area contributed by atoms with Gasteiger partial charge in [0.2, 0.25) is 0 Å². The molecule has 2 atom stereocenters. The van der Waals surface area contributed by atoms with Crippen molar-refractivity contribution in [3.05, 3.63) is 41.6 Å². The molecule has 0 bridgehead atoms. The molecule has 96 valence electrons. The number of fused-ring (bicyclic) bond motifs is 1. The van der Waals surface area contributed by atoms with Crippen molar-refractivity contribution in [2.75, 3.05) is 6.54 Å². The maximum Gasteiger partial charge on any atom is 0.0705 e. The quantitative estimate of drug-likeness (QED) is 0.885. The number of aryl methyl sites for hydroxylation is 1. The third-order valence-corrected chi connectivity index (χ3v) is 3.66. The van der Waals surface area contributed by atoms with Gasteiger partial charge in [0, 0.05) is 23.0 Å². The van der Waals surface area contributed by atoms with Crippen LogP contribution in [0.25, 0.3) is 10.9 Å². The predicted octanol–water partition coefficient (Wildman–Crippen LogP) is 3.64. The summed E-state index contributed by atoms with van der Waals surface area (Å²) < 4.78 is 0. The van der Waals surface area contributed by atoms with E-state index < -0.39 is 0 Å². The molecule has 0 fully saturated rings. The Labute approximate surface area is 109 Å². The van der Waals surface area contributed by atoms with E-state index in [1.807, 2.05) is 6.07 Å². The van der Waals surface area contributed by atoms with Gasteiger partial charge in [0.15, 0.2) is 0 Å². The molecule has 2 rings (SSSR count). The first-order valence-corrected chi connectivity index (χ1v) is 6.73. The van der Waals surface area contributed by atoms with Crippen LogP contribution in [0.4, 0.5) is 0 Å². The number of nitrogens with one attached hydrogen (secondary N) is 1. The van der Waals surface area contributed by atoms with Crippen molar-refractivity contribution in [3.63, 3.8) is 0 Å². The summed E-state index contributed by atoms with van der Waals surface area (Å²) in [4.78, 5) is 4.84. The molecule has 2 aromatic rings. The van der Waals surface area contributed by atoms with Gasteiger partial charge in [-0.1, -0.05) is 32.0 Å². The second kappa shape index (κ2) is 5.49. The van der Waals surface area contributed by atoms with Crippen molar-refractivity contribution in [1.29, 1.82) is 0 Å². The molecule has 0 aliphatic rings. The maximum atomic E-state index is 4.84. The van der Waals surface area contributed by atoms with Gasteiger partial charge in [-0.3, -0.25) is 4.98 Å². The minimum absolute atomic E-state index is 0.426. The Bertz CT molecular complexity index is 534. The molecular weight excluding hydrogens is 220 g/mol. The van der Waals surface area contributed by atoms with E-state index in [1.165, 1.54) is 16.6 Å². The third-order valence-electron chi connectivity index (χ3n) is 3.66. The summed E-state index contributed by atoms with van der Waals surface area (Å²) >= 11 is 0. The molecule has 0 amide bonds. The molecule has 0 aliphatic carbocycles. The highest BCUT2D eigenvalue weighted by molar-refractivity contribution is 5.79. The maximum absolute atomic E-state index is 4.84. The van der Waals surface area contributed by atoms with Gasteiger partial charge < -0.3 is 5.32 Å². The minimum Gasteiger partial charge on any atom is -0.314 e. The number of hydrogen-bond donors (Lipinski definition) is 1. The molecule has 2 unspecified atom stereocenters. The number of para-hydroxylation sites is 1. The van der Waals surface area contributed by atoms with E-state index in [1.54, 1.807) is 0 Å². The number of aromatic nitrogens is 1. The minimum atomic E-state index is 0.426. The molecule has 0 saturated carbocycles. The Kier molecular flexibility index (Phi) is 3.97. The number of likely N-dealkylation sites (N-methyl/N-ethyl adjacent to an activating group) is 1. The van der Waals surface area contributed by atoms with Gasteiger partial charge in [-0.2, -0.15) is 0 Å². The summed E-state index contributed by atoms with van der Waals surface area (Å²) in [5, 5.41) is 4.70. The van der Waals surface area contributed by atoms with Crippen LogP contribution in [-0.4, -0.2) is 17.6 Å². The van der Waals surface area contributed by atoms with Gasteiger partial charge in [-0.15, -0.1) is 0 Å². The van der Waals surface area contributed by atoms with Crippen LogP contribution in [0.1, 0.15) is 37.9 Å². The summed E-state index contributed by atoms with van der Waals surface area (Å²) in [5.74, 6) is 0.426. The average molecular weight is 242 g/mol. The zero-order valence-corrected chi connectivity index (χ0v) is 11.7. The smallest absolute Gasteiger partial charge is 0.0705 e. The van der Waals surface area contributed by atoms with Gasteiger partial charge in [0.1, 0.15) is 0 Å². The van der Waals surface area contributed by atoms with Crippen LogP contribution in [0.3, 0.4) is 0 Å². The SMILES string of the molecule is CCNC(C)C(C)c1nc2ccccc2cc1C. The zero-order chi connectivity index (χ0) is 13.1. The molecule has 2 nitrogen and oxygen atoms in total. The van der Waals surface area contributed by atoms with E-state index in [2.05, 4.69) is 57.3 Å². The highest BCUT2D eigenvalue weighted by atomic mass is 14.9. The highest BCUT2D eigenvalue weighted by Gasteiger charge is 2.17. The van der Waals surface area contributed by atoms with Gasteiger partial charge >= 0.3 is 0 Å². The lowest BCUT2D eigenvalue weighted by Gasteiger charge is -2.22. The fourth-order valence-corrected chi connectivity index (χ4v) is 2.43. The topological polar surface area (TPSA) is 24.9 Å². The van der Waals surface area contributed by atoms with Gasteiger partial charge in [-0.25, -0.2) is 0 Å². The lowest BCUT2D eigenvalue weighted by Crippen LogP contribution is -2.31. The van der Waals surface area contributed by atoms with Crippen LogP contribution >= 0.6 is 0 Å². The Hall–Kier alpha value is -1.41. The Morgan fingerprint density at radius 1 is 1.22 bits per heavy atom. The molecule has 0 aliphatic heterocycles. The number of hydrogen-bond acceptors (Lipinski definition) is 2. The van der Waals surface area contributed by atoms with E-state index in [-0.39, 0.29) is 0 Å². The molecule has 1 N–H and O–H groups in total. The summed E-state index contributed by atoms with van der Waals surface area (Å²) in [6.45, 7) is 9.77. The highest BCUT2D eigenvalue weighted by Crippen LogP contribution is 2.24. The van der Waals surface area contributed by atoms with E-state index in [4.69, 9.17) is 4.98 Å². The van der Waals surface area contributed by atoms with Crippen LogP contribution in [0, 0.1) is 6.92 Å². The first kappa shape index (κ1) is 13.0. The standard InChI is InChI=1S/C16H22N2/c1-5-17-13(4)12(3)16-11(2)10-14-8-6-7-9-15(14)18-16/h6-10,12-13,17H,5H2,1-4H3. The summed E-state index contributed by atoms with van der Waals surface area (Å²) in [5.41, 5.74) is 3.58. The van der Waals surface area contributed by atoms with Crippen molar-refractivity contribution in [1.82, 2.24) is 10.3 Å². The van der Waals surface area contributed by atoms with Crippen LogP contribution in [-0.2, 0) is 0 Å². The normalized spacial score (nSPS) is 14.7. The summed E-state index contributed by atoms with van der Waals surface area (Å²) in [7, 11) is 0. The largest absolute Gasteiger partial charge is 0.314 e. The van der Waals surface area contributed by atoms with Gasteiger partial charge in [0.25, 0.3) is 0 Å². The van der Waals surface area contributed by atoms with Crippen molar-refractivity contribution < 1.29 is 0 Å². The van der Waals surface area contributed by atoms with Crippen molar-refractivity contribution in [3.8, 4) is 0 Å². The first-order chi connectivity index (χ1) is 8.63. The van der Waals surface area contributed by atoms with Gasteiger partial charge in [-0.05, 0) is 38.1 Å². The molecule has 1 aromatic carbocycles. The lowest BCUT2D eigenvalue weighted by atomic mass is 9.95. The number of benzene rings is 1. The zero-order valence-electron chi connectivity index (χ0n) is 11.7. The first-order valence-electron chi connectivity index (χ1n) is 6.73. The monoisotopic (exact) mass is 242 g/mol. The Morgan fingerprint density at radius 2 is 1.94 bits per heavy atom. The predicted molar refractivity (Wildman–Crippen MR) is 78.0 cm³/mol. The summed E-state index contributed by atoms with van der Waals surface area (Å²) in [6.07, 6.45) is 0. The van der Waals surface area contributed by atoms with E-state index in [0.29, 0.717) is 12.0 Å². The molecule has 0 radical (unpaired) electrons. The van der Waals surface area contributed by atoms with E-state index in [0.717, 1.165) is 12.1 Å². The van der Waals surface area contributed by atoms with Crippen LogP contribution in [0.15, 0.2) is 30.3 Å². The average Bonchev–Trinajstić information content (AvgIpc) is 2.37. The molecule has 1 aromatic heterocycles. The van der Waals surface area contributed by atoms with Crippen LogP contribution < -0.4 is 5.32 Å². The second-order valence-corrected chi connectivity index (χ2v) is 5.02. The number of nitrogens with zero attached hydrogens (tertiary/aromatic N) is 1. The Morgan fingerprint density at radius 3 is 2.67 bits per heavy atom. The van der Waals surface area contributed by atoms with Gasteiger partial charge in [0.05, 0.1) is 5.52 Å². The molecular formula is C16H22N2. The fraction of sp³-hybridized carbons (Fsp3) is 0.438. The molecule has 1 heterocycles. The van der Waals surface area contributed by atoms with Crippen LogP contribution in [0.5, 0.6) is 0 Å². The second-order valence-electron chi connectivity index (χ2n) is 5.02. The molecule has 18 heavy (non-hydrogen) atoms. The van der Waals surface area contributed by atoms with E-state index in [9.17, 15) is 0 Å². The molecule has 0 spiro atoms. The fourth-order valence-electron chi connectivity index (χ4n) is 2.43. The Balaban J connectivity index is 2.41. The molecule has 0 saturated heterocycles. The van der Waals surface area contributed by atoms with Crippen molar-refractivity contribution in [2.24, 2.45) is 0 Å². The lowest BCUT2D eigenvalue weighted by molar-refractivity contribution is 0.487. The number of pyridine rings is 1. The summed E-state index contributed by atoms with van der Waals surface area (Å²) in [6, 6.07) is 11.0. The van der Waals surface area contributed by atoms with Crippen molar-refractivity contribution in [2.45, 2.75) is 39.7 Å².